The SMILES string of the molecule is CCCCOc1c(C)ccc(C(=O)OCc2ccccc2)c1[N+](=O)[O-]. The number of unbranched alkanes of at least 4 members (excludes halogenated alkanes) is 1. The topological polar surface area (TPSA) is 78.7 Å². The Balaban J connectivity index is 2.25. The van der Waals surface area contributed by atoms with E-state index in [-0.39, 0.29) is 23.6 Å². The summed E-state index contributed by atoms with van der Waals surface area (Å²) in [7, 11) is 0. The molecule has 0 aliphatic carbocycles. The Morgan fingerprint density at radius 3 is 2.52 bits per heavy atom. The first-order valence-corrected chi connectivity index (χ1v) is 8.16. The highest BCUT2D eigenvalue weighted by molar-refractivity contribution is 5.95. The van der Waals surface area contributed by atoms with Crippen molar-refractivity contribution in [1.82, 2.24) is 0 Å². The number of carbonyl (C=O) groups is 1. The van der Waals surface area contributed by atoms with E-state index in [0.29, 0.717) is 12.2 Å². The molecule has 0 heterocycles. The molecule has 0 fully saturated rings. The minimum Gasteiger partial charge on any atom is -0.487 e. The molecule has 2 rings (SSSR count). The molecule has 0 aliphatic heterocycles. The minimum absolute atomic E-state index is 0.0523. The zero-order valence-corrected chi connectivity index (χ0v) is 14.4. The highest BCUT2D eigenvalue weighted by Gasteiger charge is 2.28. The lowest BCUT2D eigenvalue weighted by molar-refractivity contribution is -0.386. The van der Waals surface area contributed by atoms with Crippen molar-refractivity contribution < 1.29 is 19.2 Å². The largest absolute Gasteiger partial charge is 0.487 e. The van der Waals surface area contributed by atoms with Crippen LogP contribution in [-0.4, -0.2) is 17.5 Å². The quantitative estimate of drug-likeness (QED) is 0.306. The van der Waals surface area contributed by atoms with Gasteiger partial charge in [-0.2, -0.15) is 0 Å². The molecule has 0 unspecified atom stereocenters. The van der Waals surface area contributed by atoms with Crippen LogP contribution in [0.4, 0.5) is 5.69 Å². The second kappa shape index (κ2) is 8.82. The summed E-state index contributed by atoms with van der Waals surface area (Å²) < 4.78 is 10.8. The fourth-order valence-corrected chi connectivity index (χ4v) is 2.32. The van der Waals surface area contributed by atoms with Crippen LogP contribution in [-0.2, 0) is 11.3 Å². The molecule has 0 spiro atoms. The van der Waals surface area contributed by atoms with Crippen LogP contribution in [0.5, 0.6) is 5.75 Å². The maximum absolute atomic E-state index is 12.4. The van der Waals surface area contributed by atoms with Gasteiger partial charge in [-0.05, 0) is 30.5 Å². The molecule has 25 heavy (non-hydrogen) atoms. The van der Waals surface area contributed by atoms with E-state index >= 15 is 0 Å². The summed E-state index contributed by atoms with van der Waals surface area (Å²) in [5.74, 6) is -0.608. The van der Waals surface area contributed by atoms with E-state index in [1.165, 1.54) is 6.07 Å². The summed E-state index contributed by atoms with van der Waals surface area (Å²) in [6.45, 7) is 4.13. The van der Waals surface area contributed by atoms with Gasteiger partial charge in [-0.3, -0.25) is 10.1 Å². The number of esters is 1. The van der Waals surface area contributed by atoms with Crippen LogP contribution >= 0.6 is 0 Å². The Morgan fingerprint density at radius 2 is 1.88 bits per heavy atom. The number of nitro groups is 1. The molecule has 0 amide bonds. The molecule has 0 radical (unpaired) electrons. The standard InChI is InChI=1S/C19H21NO5/c1-3-4-12-24-18-14(2)10-11-16(17(18)20(22)23)19(21)25-13-15-8-6-5-7-9-15/h5-11H,3-4,12-13H2,1-2H3. The van der Waals surface area contributed by atoms with Crippen LogP contribution < -0.4 is 4.74 Å². The Kier molecular flexibility index (Phi) is 6.51. The molecule has 132 valence electrons. The Hall–Kier alpha value is -2.89. The molecule has 0 aromatic heterocycles. The van der Waals surface area contributed by atoms with Crippen LogP contribution in [0.1, 0.15) is 41.3 Å². The first-order chi connectivity index (χ1) is 12.0. The Labute approximate surface area is 146 Å². The summed E-state index contributed by atoms with van der Waals surface area (Å²) >= 11 is 0. The maximum atomic E-state index is 12.4. The van der Waals surface area contributed by atoms with E-state index < -0.39 is 10.9 Å². The zero-order chi connectivity index (χ0) is 18.2. The molecule has 6 nitrogen and oxygen atoms in total. The smallest absolute Gasteiger partial charge is 0.345 e. The lowest BCUT2D eigenvalue weighted by Gasteiger charge is -2.12. The van der Waals surface area contributed by atoms with Crippen LogP contribution in [0, 0.1) is 17.0 Å². The number of benzene rings is 2. The van der Waals surface area contributed by atoms with Crippen molar-refractivity contribution in [3.05, 3.63) is 69.3 Å². The lowest BCUT2D eigenvalue weighted by Crippen LogP contribution is -2.11. The van der Waals surface area contributed by atoms with Gasteiger partial charge in [-0.25, -0.2) is 4.79 Å². The van der Waals surface area contributed by atoms with Crippen molar-refractivity contribution in [1.29, 1.82) is 0 Å². The summed E-state index contributed by atoms with van der Waals surface area (Å²) in [5.41, 5.74) is 0.986. The van der Waals surface area contributed by atoms with E-state index in [1.54, 1.807) is 13.0 Å². The van der Waals surface area contributed by atoms with Gasteiger partial charge in [-0.1, -0.05) is 49.7 Å². The van der Waals surface area contributed by atoms with E-state index in [2.05, 4.69) is 0 Å². The number of aryl methyl sites for hydroxylation is 1. The molecule has 0 atom stereocenters. The third kappa shape index (κ3) is 4.79. The van der Waals surface area contributed by atoms with Gasteiger partial charge in [0.2, 0.25) is 5.75 Å². The normalized spacial score (nSPS) is 10.3. The number of nitro benzene ring substituents is 1. The Bertz CT molecular complexity index is 743. The van der Waals surface area contributed by atoms with E-state index in [1.807, 2.05) is 37.3 Å². The number of rotatable bonds is 8. The van der Waals surface area contributed by atoms with E-state index in [0.717, 1.165) is 18.4 Å². The van der Waals surface area contributed by atoms with Gasteiger partial charge in [0, 0.05) is 0 Å². The number of hydrogen-bond donors (Lipinski definition) is 0. The van der Waals surface area contributed by atoms with Crippen molar-refractivity contribution in [2.75, 3.05) is 6.61 Å². The van der Waals surface area contributed by atoms with Crippen molar-refractivity contribution in [3.8, 4) is 5.75 Å². The molecule has 0 saturated carbocycles. The molecule has 0 N–H and O–H groups in total. The molecule has 6 heteroatoms. The summed E-state index contributed by atoms with van der Waals surface area (Å²) in [5, 5.41) is 11.5. The van der Waals surface area contributed by atoms with Crippen LogP contribution in [0.25, 0.3) is 0 Å². The summed E-state index contributed by atoms with van der Waals surface area (Å²) in [4.78, 5) is 23.3. The summed E-state index contributed by atoms with van der Waals surface area (Å²) in [6, 6.07) is 12.2. The predicted molar refractivity (Wildman–Crippen MR) is 93.8 cm³/mol. The van der Waals surface area contributed by atoms with Crippen molar-refractivity contribution >= 4 is 11.7 Å². The van der Waals surface area contributed by atoms with Gasteiger partial charge in [-0.15, -0.1) is 0 Å². The van der Waals surface area contributed by atoms with Crippen molar-refractivity contribution in [2.24, 2.45) is 0 Å². The fraction of sp³-hybridized carbons (Fsp3) is 0.316. The van der Waals surface area contributed by atoms with Crippen LogP contribution in [0.2, 0.25) is 0 Å². The second-order valence-electron chi connectivity index (χ2n) is 5.63. The third-order valence-electron chi connectivity index (χ3n) is 3.69. The lowest BCUT2D eigenvalue weighted by atomic mass is 10.1. The first kappa shape index (κ1) is 18.4. The number of hydrogen-bond acceptors (Lipinski definition) is 5. The highest BCUT2D eigenvalue weighted by atomic mass is 16.6. The monoisotopic (exact) mass is 343 g/mol. The number of nitrogens with zero attached hydrogens (tertiary/aromatic N) is 1. The van der Waals surface area contributed by atoms with Crippen molar-refractivity contribution in [2.45, 2.75) is 33.3 Å². The van der Waals surface area contributed by atoms with Crippen molar-refractivity contribution in [3.63, 3.8) is 0 Å². The highest BCUT2D eigenvalue weighted by Crippen LogP contribution is 2.35. The molecule has 0 saturated heterocycles. The molecule has 2 aromatic carbocycles. The van der Waals surface area contributed by atoms with Gasteiger partial charge < -0.3 is 9.47 Å². The minimum atomic E-state index is -0.740. The predicted octanol–water partition coefficient (Wildman–Crippen LogP) is 4.44. The first-order valence-electron chi connectivity index (χ1n) is 8.16. The number of carbonyl (C=O) groups excluding carboxylic acids is 1. The van der Waals surface area contributed by atoms with Gasteiger partial charge in [0.15, 0.2) is 0 Å². The van der Waals surface area contributed by atoms with Crippen LogP contribution in [0.3, 0.4) is 0 Å². The van der Waals surface area contributed by atoms with E-state index in [9.17, 15) is 14.9 Å². The fourth-order valence-electron chi connectivity index (χ4n) is 2.32. The molecular weight excluding hydrogens is 322 g/mol. The van der Waals surface area contributed by atoms with Gasteiger partial charge in [0.25, 0.3) is 0 Å². The maximum Gasteiger partial charge on any atom is 0.345 e. The third-order valence-corrected chi connectivity index (χ3v) is 3.69. The molecule has 0 bridgehead atoms. The van der Waals surface area contributed by atoms with Gasteiger partial charge in [0.05, 0.1) is 11.5 Å². The van der Waals surface area contributed by atoms with Crippen LogP contribution in [0.15, 0.2) is 42.5 Å². The average Bonchev–Trinajstić information content (AvgIpc) is 2.61. The Morgan fingerprint density at radius 1 is 1.16 bits per heavy atom. The molecular formula is C19H21NO5. The average molecular weight is 343 g/mol. The molecule has 0 aliphatic rings. The van der Waals surface area contributed by atoms with E-state index in [4.69, 9.17) is 9.47 Å². The van der Waals surface area contributed by atoms with Gasteiger partial charge >= 0.3 is 11.7 Å². The van der Waals surface area contributed by atoms with Gasteiger partial charge in [0.1, 0.15) is 12.2 Å². The second-order valence-corrected chi connectivity index (χ2v) is 5.63. The molecule has 2 aromatic rings. The number of ether oxygens (including phenoxy) is 2. The zero-order valence-electron chi connectivity index (χ0n) is 14.4. The summed E-state index contributed by atoms with van der Waals surface area (Å²) in [6.07, 6.45) is 1.69.